The van der Waals surface area contributed by atoms with E-state index in [4.69, 9.17) is 10.5 Å². The third-order valence-corrected chi connectivity index (χ3v) is 5.91. The lowest BCUT2D eigenvalue weighted by Gasteiger charge is -2.10. The highest BCUT2D eigenvalue weighted by Gasteiger charge is 2.16. The molecule has 27 heavy (non-hydrogen) atoms. The summed E-state index contributed by atoms with van der Waals surface area (Å²) in [5.41, 5.74) is 6.54. The number of nitrogens with two attached hydrogens (primary N) is 1. The van der Waals surface area contributed by atoms with Crippen LogP contribution in [0.25, 0.3) is 10.6 Å². The van der Waals surface area contributed by atoms with E-state index in [9.17, 15) is 13.2 Å². The van der Waals surface area contributed by atoms with Gasteiger partial charge in [0.15, 0.2) is 6.61 Å². The van der Waals surface area contributed by atoms with Crippen LogP contribution in [0.1, 0.15) is 5.56 Å². The molecule has 0 saturated heterocycles. The Kier molecular flexibility index (Phi) is 5.84. The Bertz CT molecular complexity index is 1020. The number of thiophene rings is 1. The maximum absolute atomic E-state index is 12.5. The Morgan fingerprint density at radius 3 is 2.59 bits per heavy atom. The van der Waals surface area contributed by atoms with Crippen molar-refractivity contribution in [2.24, 2.45) is 5.73 Å². The third kappa shape index (κ3) is 4.91. The number of hydrogen-bond donors (Lipinski definition) is 2. The van der Waals surface area contributed by atoms with E-state index in [-0.39, 0.29) is 18.0 Å². The summed E-state index contributed by atoms with van der Waals surface area (Å²) < 4.78 is 32.8. The van der Waals surface area contributed by atoms with Gasteiger partial charge in [-0.05, 0) is 47.3 Å². The smallest absolute Gasteiger partial charge is 0.255 e. The number of carbonyl (C=O) groups is 1. The molecule has 1 amide bonds. The third-order valence-electron chi connectivity index (χ3n) is 3.61. The number of sulfonamides is 1. The molecule has 0 aliphatic carbocycles. The van der Waals surface area contributed by atoms with Crippen molar-refractivity contribution in [3.63, 3.8) is 0 Å². The van der Waals surface area contributed by atoms with Gasteiger partial charge in [-0.3, -0.25) is 9.78 Å². The molecule has 7 nitrogen and oxygen atoms in total. The van der Waals surface area contributed by atoms with Gasteiger partial charge in [-0.25, -0.2) is 13.1 Å². The van der Waals surface area contributed by atoms with E-state index in [0.717, 1.165) is 16.1 Å². The number of aromatic nitrogens is 1. The summed E-state index contributed by atoms with van der Waals surface area (Å²) in [6, 6.07) is 13.2. The van der Waals surface area contributed by atoms with Gasteiger partial charge in [0.05, 0.1) is 15.5 Å². The first-order valence-electron chi connectivity index (χ1n) is 7.94. The van der Waals surface area contributed by atoms with Crippen molar-refractivity contribution in [2.45, 2.75) is 11.4 Å². The SMILES string of the molecule is NC(=O)COc1ccc(S(=O)(=O)NCc2cccnc2-c2cccs2)cc1. The first-order valence-corrected chi connectivity index (χ1v) is 10.3. The molecule has 0 saturated carbocycles. The Labute approximate surface area is 160 Å². The number of hydrogen-bond acceptors (Lipinski definition) is 6. The summed E-state index contributed by atoms with van der Waals surface area (Å²) in [7, 11) is -3.71. The van der Waals surface area contributed by atoms with E-state index in [0.29, 0.717) is 5.75 Å². The number of ether oxygens (including phenoxy) is 1. The monoisotopic (exact) mass is 403 g/mol. The van der Waals surface area contributed by atoms with E-state index in [1.807, 2.05) is 23.6 Å². The van der Waals surface area contributed by atoms with Crippen LogP contribution in [0, 0.1) is 0 Å². The van der Waals surface area contributed by atoms with Crippen LogP contribution >= 0.6 is 11.3 Å². The van der Waals surface area contributed by atoms with Crippen LogP contribution in [0.5, 0.6) is 5.75 Å². The van der Waals surface area contributed by atoms with Crippen LogP contribution < -0.4 is 15.2 Å². The first-order chi connectivity index (χ1) is 13.0. The van der Waals surface area contributed by atoms with E-state index >= 15 is 0 Å². The summed E-state index contributed by atoms with van der Waals surface area (Å²) in [5, 5.41) is 1.94. The molecular formula is C18H17N3O4S2. The summed E-state index contributed by atoms with van der Waals surface area (Å²) in [5.74, 6) is -0.244. The molecule has 3 rings (SSSR count). The fraction of sp³-hybridized carbons (Fsp3) is 0.111. The quantitative estimate of drug-likeness (QED) is 0.599. The van der Waals surface area contributed by atoms with Crippen molar-refractivity contribution >= 4 is 27.3 Å². The highest BCUT2D eigenvalue weighted by atomic mass is 32.2. The number of carbonyl (C=O) groups excluding carboxylic acids is 1. The normalized spacial score (nSPS) is 11.3. The molecule has 0 unspecified atom stereocenters. The molecular weight excluding hydrogens is 386 g/mol. The Morgan fingerprint density at radius 2 is 1.93 bits per heavy atom. The molecule has 9 heteroatoms. The lowest BCUT2D eigenvalue weighted by molar-refractivity contribution is -0.119. The van der Waals surface area contributed by atoms with Crippen molar-refractivity contribution in [1.29, 1.82) is 0 Å². The maximum atomic E-state index is 12.5. The van der Waals surface area contributed by atoms with Crippen LogP contribution in [0.15, 0.2) is 65.0 Å². The molecule has 2 aromatic heterocycles. The fourth-order valence-corrected chi connectivity index (χ4v) is 4.10. The van der Waals surface area contributed by atoms with Crippen LogP contribution in [-0.2, 0) is 21.4 Å². The van der Waals surface area contributed by atoms with Crippen molar-refractivity contribution in [1.82, 2.24) is 9.71 Å². The van der Waals surface area contributed by atoms with Crippen LogP contribution in [-0.4, -0.2) is 25.9 Å². The van der Waals surface area contributed by atoms with Crippen molar-refractivity contribution in [3.8, 4) is 16.3 Å². The molecule has 0 aliphatic heterocycles. The van der Waals surface area contributed by atoms with E-state index in [1.54, 1.807) is 23.6 Å². The predicted molar refractivity (Wildman–Crippen MR) is 103 cm³/mol. The minimum Gasteiger partial charge on any atom is -0.484 e. The number of nitrogens with zero attached hydrogens (tertiary/aromatic N) is 1. The standard InChI is InChI=1S/C18H17N3O4S2/c19-17(22)12-25-14-5-7-15(8-6-14)27(23,24)21-11-13-3-1-9-20-18(13)16-4-2-10-26-16/h1-10,21H,11-12H2,(H2,19,22). The molecule has 0 atom stereocenters. The number of primary amides is 1. The number of benzene rings is 1. The van der Waals surface area contributed by atoms with Gasteiger partial charge in [0.2, 0.25) is 10.0 Å². The number of pyridine rings is 1. The van der Waals surface area contributed by atoms with Crippen molar-refractivity contribution in [3.05, 3.63) is 65.7 Å². The second-order valence-corrected chi connectivity index (χ2v) is 8.25. The molecule has 2 heterocycles. The summed E-state index contributed by atoms with van der Waals surface area (Å²) in [6.45, 7) is -0.153. The molecule has 0 aliphatic rings. The highest BCUT2D eigenvalue weighted by molar-refractivity contribution is 7.89. The number of amides is 1. The second-order valence-electron chi connectivity index (χ2n) is 5.54. The van der Waals surface area contributed by atoms with Gasteiger partial charge < -0.3 is 10.5 Å². The second kappa shape index (κ2) is 8.30. The molecule has 140 valence electrons. The summed E-state index contributed by atoms with van der Waals surface area (Å²) >= 11 is 1.54. The van der Waals surface area contributed by atoms with Crippen molar-refractivity contribution < 1.29 is 17.9 Å². The maximum Gasteiger partial charge on any atom is 0.255 e. The number of rotatable bonds is 8. The average molecular weight is 403 g/mol. The van der Waals surface area contributed by atoms with E-state index in [1.165, 1.54) is 24.3 Å². The van der Waals surface area contributed by atoms with Gasteiger partial charge in [0, 0.05) is 12.7 Å². The Balaban J connectivity index is 1.72. The molecule has 0 fully saturated rings. The summed E-state index contributed by atoms with van der Waals surface area (Å²) in [6.07, 6.45) is 1.68. The lowest BCUT2D eigenvalue weighted by atomic mass is 10.2. The van der Waals surface area contributed by atoms with Gasteiger partial charge in [0.25, 0.3) is 5.91 Å². The zero-order valence-electron chi connectivity index (χ0n) is 14.2. The molecule has 1 aromatic carbocycles. The predicted octanol–water partition coefficient (Wildman–Crippen LogP) is 2.15. The molecule has 0 spiro atoms. The van der Waals surface area contributed by atoms with Gasteiger partial charge in [0.1, 0.15) is 5.75 Å². The minimum atomic E-state index is -3.71. The average Bonchev–Trinajstić information content (AvgIpc) is 3.20. The van der Waals surface area contributed by atoms with Crippen LogP contribution in [0.4, 0.5) is 0 Å². The Hall–Kier alpha value is -2.75. The topological polar surface area (TPSA) is 111 Å². The van der Waals surface area contributed by atoms with Gasteiger partial charge in [-0.1, -0.05) is 12.1 Å². The molecule has 0 radical (unpaired) electrons. The van der Waals surface area contributed by atoms with Crippen molar-refractivity contribution in [2.75, 3.05) is 6.61 Å². The van der Waals surface area contributed by atoms with E-state index < -0.39 is 15.9 Å². The lowest BCUT2D eigenvalue weighted by Crippen LogP contribution is -2.23. The molecule has 3 N–H and O–H groups in total. The summed E-state index contributed by atoms with van der Waals surface area (Å²) in [4.78, 5) is 16.1. The van der Waals surface area contributed by atoms with Gasteiger partial charge in [-0.15, -0.1) is 11.3 Å². The Morgan fingerprint density at radius 1 is 1.15 bits per heavy atom. The highest BCUT2D eigenvalue weighted by Crippen LogP contribution is 2.26. The fourth-order valence-electron chi connectivity index (χ4n) is 2.34. The molecule has 0 bridgehead atoms. The first kappa shape index (κ1) is 19.0. The van der Waals surface area contributed by atoms with Gasteiger partial charge >= 0.3 is 0 Å². The zero-order chi connectivity index (χ0) is 19.3. The largest absolute Gasteiger partial charge is 0.484 e. The molecule has 3 aromatic rings. The van der Waals surface area contributed by atoms with Crippen LogP contribution in [0.3, 0.4) is 0 Å². The number of nitrogens with one attached hydrogen (secondary N) is 1. The zero-order valence-corrected chi connectivity index (χ0v) is 15.8. The van der Waals surface area contributed by atoms with Crippen LogP contribution in [0.2, 0.25) is 0 Å². The minimum absolute atomic E-state index is 0.0930. The van der Waals surface area contributed by atoms with E-state index in [2.05, 4.69) is 9.71 Å². The van der Waals surface area contributed by atoms with Gasteiger partial charge in [-0.2, -0.15) is 0 Å².